The molecule has 0 aromatic rings. The molecule has 0 heterocycles. The van der Waals surface area contributed by atoms with Crippen LogP contribution in [0.25, 0.3) is 0 Å². The van der Waals surface area contributed by atoms with Crippen LogP contribution in [0.1, 0.15) is 19.3 Å². The lowest BCUT2D eigenvalue weighted by atomic mass is 9.89. The van der Waals surface area contributed by atoms with E-state index in [1.54, 1.807) is 0 Å². The van der Waals surface area contributed by atoms with Crippen LogP contribution >= 0.6 is 0 Å². The number of ketones is 1. The van der Waals surface area contributed by atoms with Crippen molar-refractivity contribution in [2.75, 3.05) is 13.2 Å². The highest BCUT2D eigenvalue weighted by molar-refractivity contribution is 6.08. The molecule has 15 heavy (non-hydrogen) atoms. The minimum atomic E-state index is -1.92. The molecule has 88 valence electrons. The fraction of sp³-hybridized carbons (Fsp3) is 0.750. The lowest BCUT2D eigenvalue weighted by Gasteiger charge is -2.22. The first kappa shape index (κ1) is 14.0. The minimum absolute atomic E-state index is 0.0295. The van der Waals surface area contributed by atoms with Crippen LogP contribution in [0.2, 0.25) is 0 Å². The maximum absolute atomic E-state index is 11.4. The van der Waals surface area contributed by atoms with Gasteiger partial charge in [-0.05, 0) is 25.8 Å². The number of Topliss-reactive ketones (excluding diaryl/α,β-unsaturated/α-hetero) is 1. The van der Waals surface area contributed by atoms with Crippen LogP contribution in [0.4, 0.5) is 0 Å². The van der Waals surface area contributed by atoms with Crippen LogP contribution in [-0.2, 0) is 14.4 Å². The maximum Gasteiger partial charge on any atom is 0.331 e. The highest BCUT2D eigenvalue weighted by Crippen LogP contribution is 2.13. The third kappa shape index (κ3) is 3.92. The Kier molecular flexibility index (Phi) is 6.02. The lowest BCUT2D eigenvalue weighted by molar-refractivity contribution is -0.150. The molecular formula is C8H17N3O4. The van der Waals surface area contributed by atoms with E-state index in [0.717, 1.165) is 0 Å². The number of nitrogens with two attached hydrogens (primary N) is 3. The van der Waals surface area contributed by atoms with E-state index in [9.17, 15) is 9.59 Å². The molecule has 7 nitrogen and oxygen atoms in total. The normalized spacial score (nSPS) is 14.6. The molecule has 0 bridgehead atoms. The zero-order valence-corrected chi connectivity index (χ0v) is 8.44. The molecule has 0 amide bonds. The summed E-state index contributed by atoms with van der Waals surface area (Å²) in [6.07, 6.45) is 1.11. The van der Waals surface area contributed by atoms with Crippen molar-refractivity contribution in [2.45, 2.75) is 24.8 Å². The molecule has 0 aliphatic heterocycles. The number of hydrogen-bond donors (Lipinski definition) is 4. The SMILES string of the molecule is NCCCCC(N)(C(=O)O)C(=O)CON. The fourth-order valence-electron chi connectivity index (χ4n) is 1.12. The van der Waals surface area contributed by atoms with Gasteiger partial charge in [0.15, 0.2) is 11.3 Å². The number of rotatable bonds is 8. The standard InChI is InChI=1S/C8H17N3O4/c9-4-2-1-3-8(10,7(13)14)6(12)5-15-11/h1-5,9-11H2,(H,13,14). The van der Waals surface area contributed by atoms with Gasteiger partial charge in [-0.3, -0.25) is 9.63 Å². The first-order valence-electron chi connectivity index (χ1n) is 4.56. The first-order chi connectivity index (χ1) is 6.99. The van der Waals surface area contributed by atoms with E-state index in [0.29, 0.717) is 19.4 Å². The average Bonchev–Trinajstić information content (AvgIpc) is 2.18. The minimum Gasteiger partial charge on any atom is -0.480 e. The fourth-order valence-corrected chi connectivity index (χ4v) is 1.12. The van der Waals surface area contributed by atoms with E-state index in [1.807, 2.05) is 0 Å². The molecule has 0 saturated carbocycles. The molecule has 0 fully saturated rings. The van der Waals surface area contributed by atoms with Crippen LogP contribution in [0.15, 0.2) is 0 Å². The van der Waals surface area contributed by atoms with Crippen LogP contribution in [-0.4, -0.2) is 35.5 Å². The number of carbonyl (C=O) groups excluding carboxylic acids is 1. The van der Waals surface area contributed by atoms with Crippen molar-refractivity contribution in [3.63, 3.8) is 0 Å². The van der Waals surface area contributed by atoms with E-state index < -0.39 is 23.9 Å². The summed E-state index contributed by atoms with van der Waals surface area (Å²) < 4.78 is 0. The molecule has 7 N–H and O–H groups in total. The van der Waals surface area contributed by atoms with Crippen molar-refractivity contribution in [3.05, 3.63) is 0 Å². The Morgan fingerprint density at radius 1 is 1.33 bits per heavy atom. The van der Waals surface area contributed by atoms with Gasteiger partial charge >= 0.3 is 5.97 Å². The van der Waals surface area contributed by atoms with E-state index >= 15 is 0 Å². The quantitative estimate of drug-likeness (QED) is 0.218. The van der Waals surface area contributed by atoms with Crippen LogP contribution in [0.3, 0.4) is 0 Å². The predicted octanol–water partition coefficient (Wildman–Crippen LogP) is -1.64. The Hall–Kier alpha value is -1.02. The summed E-state index contributed by atoms with van der Waals surface area (Å²) in [5.41, 5.74) is 8.81. The van der Waals surface area contributed by atoms with Crippen molar-refractivity contribution >= 4 is 11.8 Å². The van der Waals surface area contributed by atoms with Gasteiger partial charge in [0.1, 0.15) is 6.61 Å². The second-order valence-corrected chi connectivity index (χ2v) is 3.26. The van der Waals surface area contributed by atoms with Gasteiger partial charge < -0.3 is 16.6 Å². The summed E-state index contributed by atoms with van der Waals surface area (Å²) in [5.74, 6) is 2.58. The number of unbranched alkanes of at least 4 members (excludes halogenated alkanes) is 1. The number of aliphatic carboxylic acids is 1. The summed E-state index contributed by atoms with van der Waals surface area (Å²) in [6.45, 7) is -0.0807. The number of carbonyl (C=O) groups is 2. The Labute approximate surface area is 87.5 Å². The van der Waals surface area contributed by atoms with Gasteiger partial charge in [0.2, 0.25) is 0 Å². The zero-order valence-electron chi connectivity index (χ0n) is 8.44. The number of carboxylic acid groups (broad SMARTS) is 1. The molecule has 1 unspecified atom stereocenters. The topological polar surface area (TPSA) is 142 Å². The highest BCUT2D eigenvalue weighted by Gasteiger charge is 2.41. The summed E-state index contributed by atoms with van der Waals surface area (Å²) >= 11 is 0. The molecular weight excluding hydrogens is 202 g/mol. The van der Waals surface area contributed by atoms with Gasteiger partial charge in [-0.15, -0.1) is 0 Å². The Morgan fingerprint density at radius 2 is 1.93 bits per heavy atom. The molecule has 0 spiro atoms. The van der Waals surface area contributed by atoms with Gasteiger partial charge in [0.25, 0.3) is 0 Å². The number of carboxylic acids is 1. The van der Waals surface area contributed by atoms with E-state index in [4.69, 9.17) is 22.5 Å². The van der Waals surface area contributed by atoms with E-state index in [1.165, 1.54) is 0 Å². The average molecular weight is 219 g/mol. The third-order valence-electron chi connectivity index (χ3n) is 2.12. The van der Waals surface area contributed by atoms with Crippen LogP contribution in [0, 0.1) is 0 Å². The summed E-state index contributed by atoms with van der Waals surface area (Å²) in [4.78, 5) is 26.3. The number of hydrogen-bond acceptors (Lipinski definition) is 6. The van der Waals surface area contributed by atoms with Crippen molar-refractivity contribution < 1.29 is 19.5 Å². The Morgan fingerprint density at radius 3 is 2.33 bits per heavy atom. The molecule has 1 atom stereocenters. The van der Waals surface area contributed by atoms with Gasteiger partial charge in [0, 0.05) is 0 Å². The summed E-state index contributed by atoms with van der Waals surface area (Å²) in [5, 5.41) is 8.86. The molecule has 0 aliphatic rings. The lowest BCUT2D eigenvalue weighted by Crippen LogP contribution is -2.56. The summed E-state index contributed by atoms with van der Waals surface area (Å²) in [6, 6.07) is 0. The second-order valence-electron chi connectivity index (χ2n) is 3.26. The predicted molar refractivity (Wildman–Crippen MR) is 52.6 cm³/mol. The highest BCUT2D eigenvalue weighted by atomic mass is 16.6. The Bertz CT molecular complexity index is 234. The Balaban J connectivity index is 4.44. The largest absolute Gasteiger partial charge is 0.480 e. The van der Waals surface area contributed by atoms with Gasteiger partial charge in [0.05, 0.1) is 0 Å². The molecule has 7 heteroatoms. The maximum atomic E-state index is 11.4. The molecule has 0 rings (SSSR count). The van der Waals surface area contributed by atoms with E-state index in [2.05, 4.69) is 4.84 Å². The van der Waals surface area contributed by atoms with Crippen molar-refractivity contribution in [1.82, 2.24) is 0 Å². The molecule has 0 aliphatic carbocycles. The molecule has 0 aromatic heterocycles. The van der Waals surface area contributed by atoms with Gasteiger partial charge in [-0.2, -0.15) is 0 Å². The molecule has 0 radical (unpaired) electrons. The zero-order chi connectivity index (χ0) is 11.9. The first-order valence-corrected chi connectivity index (χ1v) is 4.56. The van der Waals surface area contributed by atoms with Gasteiger partial charge in [-0.1, -0.05) is 0 Å². The van der Waals surface area contributed by atoms with Crippen molar-refractivity contribution in [3.8, 4) is 0 Å². The van der Waals surface area contributed by atoms with Crippen molar-refractivity contribution in [2.24, 2.45) is 17.4 Å². The third-order valence-corrected chi connectivity index (χ3v) is 2.12. The summed E-state index contributed by atoms with van der Waals surface area (Å²) in [7, 11) is 0. The monoisotopic (exact) mass is 219 g/mol. The van der Waals surface area contributed by atoms with E-state index in [-0.39, 0.29) is 6.42 Å². The molecule has 0 aromatic carbocycles. The smallest absolute Gasteiger partial charge is 0.331 e. The second kappa shape index (κ2) is 6.46. The van der Waals surface area contributed by atoms with Gasteiger partial charge in [-0.25, -0.2) is 10.7 Å². The van der Waals surface area contributed by atoms with Crippen molar-refractivity contribution in [1.29, 1.82) is 0 Å². The van der Waals surface area contributed by atoms with Crippen LogP contribution < -0.4 is 17.4 Å². The van der Waals surface area contributed by atoms with Crippen LogP contribution in [0.5, 0.6) is 0 Å². The molecule has 0 saturated heterocycles.